The van der Waals surface area contributed by atoms with Gasteiger partial charge in [0.05, 0.1) is 40.1 Å². The highest BCUT2D eigenvalue weighted by molar-refractivity contribution is 6.31. The van der Waals surface area contributed by atoms with E-state index in [0.717, 1.165) is 10.6 Å². The molecule has 37 heavy (non-hydrogen) atoms. The van der Waals surface area contributed by atoms with Crippen molar-refractivity contribution in [3.05, 3.63) is 73.4 Å². The molecule has 2 aromatic heterocycles. The van der Waals surface area contributed by atoms with Crippen LogP contribution in [0.3, 0.4) is 0 Å². The Labute approximate surface area is 219 Å². The topological polar surface area (TPSA) is 122 Å². The molecule has 2 fully saturated rings. The minimum absolute atomic E-state index is 0.0502. The fourth-order valence-corrected chi connectivity index (χ4v) is 5.09. The molecule has 0 aliphatic carbocycles. The number of hydrogen-bond acceptors (Lipinski definition) is 7. The van der Waals surface area contributed by atoms with Gasteiger partial charge in [-0.1, -0.05) is 29.3 Å². The Morgan fingerprint density at radius 1 is 1.16 bits per heavy atom. The molecule has 2 saturated heterocycles. The van der Waals surface area contributed by atoms with E-state index < -0.39 is 28.8 Å². The van der Waals surface area contributed by atoms with Crippen molar-refractivity contribution in [2.75, 3.05) is 24.5 Å². The molecule has 3 aromatic rings. The second-order valence-electron chi connectivity index (χ2n) is 8.77. The molecule has 4 heterocycles. The van der Waals surface area contributed by atoms with Crippen molar-refractivity contribution < 1.29 is 13.9 Å². The summed E-state index contributed by atoms with van der Waals surface area (Å²) in [6.07, 6.45) is 3.02. The average molecular weight is 545 g/mol. The third-order valence-electron chi connectivity index (χ3n) is 6.54. The molecule has 1 spiro atoms. The zero-order valence-electron chi connectivity index (χ0n) is 19.2. The Morgan fingerprint density at radius 2 is 1.92 bits per heavy atom. The first-order chi connectivity index (χ1) is 17.7. The van der Waals surface area contributed by atoms with Crippen LogP contribution in [-0.4, -0.2) is 45.4 Å². The lowest BCUT2D eigenvalue weighted by Gasteiger charge is -2.39. The smallest absolute Gasteiger partial charge is 0.407 e. The fourth-order valence-electron chi connectivity index (χ4n) is 4.74. The van der Waals surface area contributed by atoms with Crippen LogP contribution in [0.1, 0.15) is 12.8 Å². The number of anilines is 1. The van der Waals surface area contributed by atoms with E-state index in [1.165, 1.54) is 35.2 Å². The van der Waals surface area contributed by atoms with Crippen LogP contribution in [0, 0.1) is 17.1 Å². The predicted octanol–water partition coefficient (Wildman–Crippen LogP) is 3.11. The van der Waals surface area contributed by atoms with Gasteiger partial charge in [-0.25, -0.2) is 18.5 Å². The quantitative estimate of drug-likeness (QED) is 0.535. The number of pyridine rings is 1. The number of amides is 1. The number of aromatic nitrogens is 3. The van der Waals surface area contributed by atoms with Gasteiger partial charge in [0.25, 0.3) is 5.56 Å². The summed E-state index contributed by atoms with van der Waals surface area (Å²) in [5, 5.41) is 12.3. The number of alkyl carbamates (subject to hydrolysis) is 1. The molecular weight excluding hydrogens is 526 g/mol. The lowest BCUT2D eigenvalue weighted by molar-refractivity contribution is 0.0364. The molecule has 10 nitrogen and oxygen atoms in total. The normalized spacial score (nSPS) is 16.4. The van der Waals surface area contributed by atoms with Crippen molar-refractivity contribution in [2.24, 2.45) is 0 Å². The van der Waals surface area contributed by atoms with Crippen LogP contribution < -0.4 is 21.5 Å². The van der Waals surface area contributed by atoms with Crippen LogP contribution in [-0.2, 0) is 11.3 Å². The van der Waals surface area contributed by atoms with E-state index in [-0.39, 0.29) is 39.2 Å². The highest BCUT2D eigenvalue weighted by Crippen LogP contribution is 2.35. The summed E-state index contributed by atoms with van der Waals surface area (Å²) >= 11 is 12.1. The van der Waals surface area contributed by atoms with Gasteiger partial charge in [0.15, 0.2) is 0 Å². The largest absolute Gasteiger partial charge is 0.441 e. The first kappa shape index (κ1) is 24.8. The number of hydrogen-bond donors (Lipinski definition) is 1. The Morgan fingerprint density at radius 3 is 2.54 bits per heavy atom. The van der Waals surface area contributed by atoms with E-state index in [4.69, 9.17) is 27.9 Å². The SMILES string of the molecule is N#CCn1c(N2CCC3(CC2)CNC(=O)O3)c(-c2ccc(F)c(Cl)c2)c(=O)n(-c2cncc(Cl)c2)c1=O. The molecule has 13 heteroatoms. The van der Waals surface area contributed by atoms with Crippen LogP contribution in [0.25, 0.3) is 16.8 Å². The number of carbonyl (C=O) groups is 1. The van der Waals surface area contributed by atoms with E-state index >= 15 is 0 Å². The van der Waals surface area contributed by atoms with Gasteiger partial charge >= 0.3 is 11.8 Å². The number of rotatable bonds is 4. The number of piperidine rings is 1. The van der Waals surface area contributed by atoms with Crippen LogP contribution in [0.15, 0.2) is 46.2 Å². The Hall–Kier alpha value is -3.88. The lowest BCUT2D eigenvalue weighted by atomic mass is 9.91. The maximum Gasteiger partial charge on any atom is 0.407 e. The lowest BCUT2D eigenvalue weighted by Crippen LogP contribution is -2.50. The molecule has 1 aromatic carbocycles. The minimum atomic E-state index is -0.767. The molecule has 5 rings (SSSR count). The molecule has 1 amide bonds. The molecule has 0 bridgehead atoms. The highest BCUT2D eigenvalue weighted by atomic mass is 35.5. The van der Waals surface area contributed by atoms with Crippen LogP contribution in [0.4, 0.5) is 15.0 Å². The van der Waals surface area contributed by atoms with E-state index in [1.807, 2.05) is 6.07 Å². The second kappa shape index (κ2) is 9.53. The summed E-state index contributed by atoms with van der Waals surface area (Å²) < 4.78 is 21.6. The van der Waals surface area contributed by atoms with Crippen molar-refractivity contribution in [3.8, 4) is 22.9 Å². The van der Waals surface area contributed by atoms with Crippen molar-refractivity contribution in [1.82, 2.24) is 19.4 Å². The summed E-state index contributed by atoms with van der Waals surface area (Å²) in [5.41, 5.74) is -1.75. The van der Waals surface area contributed by atoms with Gasteiger partial charge in [0.2, 0.25) is 0 Å². The first-order valence-corrected chi connectivity index (χ1v) is 12.0. The van der Waals surface area contributed by atoms with Gasteiger partial charge in [0.1, 0.15) is 23.8 Å². The monoisotopic (exact) mass is 544 g/mol. The number of nitriles is 1. The van der Waals surface area contributed by atoms with Gasteiger partial charge in [-0.3, -0.25) is 14.3 Å². The fraction of sp³-hybridized carbons (Fsp3) is 0.292. The van der Waals surface area contributed by atoms with Crippen molar-refractivity contribution in [3.63, 3.8) is 0 Å². The minimum Gasteiger partial charge on any atom is -0.441 e. The highest BCUT2D eigenvalue weighted by Gasteiger charge is 2.44. The van der Waals surface area contributed by atoms with E-state index in [9.17, 15) is 24.0 Å². The number of benzene rings is 1. The standard InChI is InChI=1S/C24H19Cl2FN6O4/c25-15-10-16(12-29-11-15)33-21(34)19(14-1-2-18(27)17(26)9-14)20(32(8-5-28)23(33)36)31-6-3-24(4-7-31)13-30-22(35)37-24/h1-2,9-12H,3-4,6-8,13H2,(H,30,35). The summed E-state index contributed by atoms with van der Waals surface area (Å²) in [6.45, 7) is 0.630. The van der Waals surface area contributed by atoms with Crippen LogP contribution in [0.2, 0.25) is 10.0 Å². The molecule has 0 atom stereocenters. The number of nitrogens with zero attached hydrogens (tertiary/aromatic N) is 5. The Balaban J connectivity index is 1.75. The maximum absolute atomic E-state index is 14.0. The van der Waals surface area contributed by atoms with E-state index in [0.29, 0.717) is 32.5 Å². The molecular formula is C24H19Cl2FN6O4. The second-order valence-corrected chi connectivity index (χ2v) is 9.61. The Bertz CT molecular complexity index is 1570. The van der Waals surface area contributed by atoms with Gasteiger partial charge < -0.3 is 15.0 Å². The molecule has 1 N–H and O–H groups in total. The molecule has 0 unspecified atom stereocenters. The third kappa shape index (κ3) is 4.43. The number of halogens is 3. The van der Waals surface area contributed by atoms with Gasteiger partial charge in [-0.15, -0.1) is 0 Å². The molecule has 2 aliphatic rings. The first-order valence-electron chi connectivity index (χ1n) is 11.3. The third-order valence-corrected chi connectivity index (χ3v) is 7.04. The number of carbonyl (C=O) groups excluding carboxylic acids is 1. The molecule has 190 valence electrons. The Kier molecular flexibility index (Phi) is 6.39. The van der Waals surface area contributed by atoms with E-state index in [1.54, 1.807) is 4.90 Å². The summed E-state index contributed by atoms with van der Waals surface area (Å²) in [5.74, 6) is -0.482. The average Bonchev–Trinajstić information content (AvgIpc) is 3.23. The molecule has 0 saturated carbocycles. The molecule has 0 radical (unpaired) electrons. The van der Waals surface area contributed by atoms with Gasteiger partial charge in [-0.2, -0.15) is 5.26 Å². The molecule has 2 aliphatic heterocycles. The zero-order valence-corrected chi connectivity index (χ0v) is 20.7. The van der Waals surface area contributed by atoms with Gasteiger partial charge in [-0.05, 0) is 23.8 Å². The number of ether oxygens (including phenoxy) is 1. The summed E-state index contributed by atoms with van der Waals surface area (Å²) in [6, 6.07) is 7.20. The van der Waals surface area contributed by atoms with Gasteiger partial charge in [0, 0.05) is 32.1 Å². The van der Waals surface area contributed by atoms with Crippen LogP contribution in [0.5, 0.6) is 0 Å². The maximum atomic E-state index is 14.0. The van der Waals surface area contributed by atoms with Crippen molar-refractivity contribution in [2.45, 2.75) is 25.0 Å². The summed E-state index contributed by atoms with van der Waals surface area (Å²) in [7, 11) is 0. The predicted molar refractivity (Wildman–Crippen MR) is 134 cm³/mol. The summed E-state index contributed by atoms with van der Waals surface area (Å²) in [4.78, 5) is 45.1. The number of nitrogens with one attached hydrogen (secondary N) is 1. The zero-order chi connectivity index (χ0) is 26.3. The van der Waals surface area contributed by atoms with Crippen molar-refractivity contribution >= 4 is 35.1 Å². The van der Waals surface area contributed by atoms with Crippen LogP contribution >= 0.6 is 23.2 Å². The van der Waals surface area contributed by atoms with Crippen molar-refractivity contribution in [1.29, 1.82) is 5.26 Å². The van der Waals surface area contributed by atoms with E-state index in [2.05, 4.69) is 10.3 Å².